The standard InChI is InChI=1S/C20H14Cl2N2O2/c21-12-7-8-13(15(22)10-12)20-24-17(14-4-1-2-5-18(14)26-20)11-16(23-24)19-6-3-9-25-19/h1-10,17,20H,11H2/t17-,20-/m0/s1. The summed E-state index contributed by atoms with van der Waals surface area (Å²) in [5.74, 6) is 1.62. The van der Waals surface area contributed by atoms with Gasteiger partial charge in [-0.05, 0) is 30.3 Å². The van der Waals surface area contributed by atoms with Gasteiger partial charge in [-0.15, -0.1) is 0 Å². The van der Waals surface area contributed by atoms with Gasteiger partial charge in [0.1, 0.15) is 17.2 Å². The third kappa shape index (κ3) is 2.49. The van der Waals surface area contributed by atoms with Gasteiger partial charge < -0.3 is 9.15 Å². The highest BCUT2D eigenvalue weighted by molar-refractivity contribution is 6.35. The van der Waals surface area contributed by atoms with Crippen LogP contribution in [0.4, 0.5) is 0 Å². The number of para-hydroxylation sites is 1. The Bertz CT molecular complexity index is 1000. The SMILES string of the molecule is Clc1ccc([C@@H]2Oc3ccccc3[C@@H]3CC(c4ccco4)=NN32)c(Cl)c1. The van der Waals surface area contributed by atoms with Crippen molar-refractivity contribution in [1.29, 1.82) is 0 Å². The topological polar surface area (TPSA) is 38.0 Å². The Hall–Kier alpha value is -2.43. The van der Waals surface area contributed by atoms with Crippen molar-refractivity contribution in [2.75, 3.05) is 0 Å². The number of ether oxygens (including phenoxy) is 1. The van der Waals surface area contributed by atoms with E-state index >= 15 is 0 Å². The zero-order valence-electron chi connectivity index (χ0n) is 13.6. The van der Waals surface area contributed by atoms with Crippen LogP contribution in [0.25, 0.3) is 0 Å². The van der Waals surface area contributed by atoms with E-state index in [1.54, 1.807) is 12.3 Å². The zero-order valence-corrected chi connectivity index (χ0v) is 15.1. The predicted octanol–water partition coefficient (Wildman–Crippen LogP) is 5.83. The molecule has 1 aromatic heterocycles. The van der Waals surface area contributed by atoms with Crippen LogP contribution in [-0.2, 0) is 0 Å². The molecule has 3 aromatic rings. The molecule has 0 spiro atoms. The fourth-order valence-electron chi connectivity index (χ4n) is 3.53. The van der Waals surface area contributed by atoms with Gasteiger partial charge in [0, 0.05) is 22.6 Å². The first-order chi connectivity index (χ1) is 12.7. The number of nitrogens with zero attached hydrogens (tertiary/aromatic N) is 2. The Morgan fingerprint density at radius 2 is 1.88 bits per heavy atom. The quantitative estimate of drug-likeness (QED) is 0.557. The fourth-order valence-corrected chi connectivity index (χ4v) is 4.03. The number of hydrazone groups is 1. The van der Waals surface area contributed by atoms with Gasteiger partial charge in [-0.25, -0.2) is 5.01 Å². The maximum absolute atomic E-state index is 6.46. The van der Waals surface area contributed by atoms with Gasteiger partial charge in [0.25, 0.3) is 0 Å². The van der Waals surface area contributed by atoms with Crippen LogP contribution in [0.2, 0.25) is 10.0 Å². The van der Waals surface area contributed by atoms with Crippen molar-refractivity contribution in [3.05, 3.63) is 87.8 Å². The number of hydrogen-bond donors (Lipinski definition) is 0. The van der Waals surface area contributed by atoms with Crippen molar-refractivity contribution >= 4 is 28.9 Å². The highest BCUT2D eigenvalue weighted by atomic mass is 35.5. The summed E-state index contributed by atoms with van der Waals surface area (Å²) < 4.78 is 11.8. The molecule has 2 aromatic carbocycles. The van der Waals surface area contributed by atoms with Crippen LogP contribution in [0, 0.1) is 0 Å². The summed E-state index contributed by atoms with van der Waals surface area (Å²) in [5, 5.41) is 7.93. The molecule has 0 N–H and O–H groups in total. The van der Waals surface area contributed by atoms with Crippen molar-refractivity contribution in [1.82, 2.24) is 5.01 Å². The number of fused-ring (bicyclic) bond motifs is 3. The number of furan rings is 1. The molecule has 0 radical (unpaired) electrons. The van der Waals surface area contributed by atoms with E-state index < -0.39 is 6.23 Å². The second kappa shape index (κ2) is 6.08. The lowest BCUT2D eigenvalue weighted by atomic mass is 9.97. The number of hydrogen-bond acceptors (Lipinski definition) is 4. The van der Waals surface area contributed by atoms with Gasteiger partial charge in [0.2, 0.25) is 6.23 Å². The molecule has 3 heterocycles. The fraction of sp³-hybridized carbons (Fsp3) is 0.150. The molecule has 0 saturated carbocycles. The van der Waals surface area contributed by atoms with Crippen molar-refractivity contribution in [2.24, 2.45) is 5.10 Å². The van der Waals surface area contributed by atoms with E-state index in [2.05, 4.69) is 6.07 Å². The first kappa shape index (κ1) is 15.8. The Morgan fingerprint density at radius 3 is 2.69 bits per heavy atom. The molecular formula is C20H14Cl2N2O2. The first-order valence-electron chi connectivity index (χ1n) is 8.31. The van der Waals surface area contributed by atoms with Gasteiger partial charge in [-0.3, -0.25) is 0 Å². The van der Waals surface area contributed by atoms with Gasteiger partial charge in [-0.1, -0.05) is 47.5 Å². The average Bonchev–Trinajstić information content (AvgIpc) is 3.31. The summed E-state index contributed by atoms with van der Waals surface area (Å²) in [5.41, 5.74) is 2.84. The predicted molar refractivity (Wildman–Crippen MR) is 101 cm³/mol. The van der Waals surface area contributed by atoms with Crippen LogP contribution in [-0.4, -0.2) is 10.7 Å². The first-order valence-corrected chi connectivity index (χ1v) is 9.06. The minimum Gasteiger partial charge on any atom is -0.464 e. The third-order valence-electron chi connectivity index (χ3n) is 4.73. The highest BCUT2D eigenvalue weighted by Crippen LogP contribution is 2.48. The molecule has 26 heavy (non-hydrogen) atoms. The molecule has 0 fully saturated rings. The molecule has 2 aliphatic rings. The van der Waals surface area contributed by atoms with E-state index in [1.165, 1.54) is 0 Å². The van der Waals surface area contributed by atoms with Crippen molar-refractivity contribution in [2.45, 2.75) is 18.7 Å². The number of rotatable bonds is 2. The van der Waals surface area contributed by atoms with Crippen molar-refractivity contribution in [3.8, 4) is 5.75 Å². The van der Waals surface area contributed by atoms with Gasteiger partial charge in [0.05, 0.1) is 17.3 Å². The summed E-state index contributed by atoms with van der Waals surface area (Å²) in [6, 6.07) is 17.3. The van der Waals surface area contributed by atoms with Crippen LogP contribution in [0.1, 0.15) is 35.6 Å². The second-order valence-electron chi connectivity index (χ2n) is 6.30. The summed E-state index contributed by atoms with van der Waals surface area (Å²) in [6.07, 6.45) is 1.98. The molecule has 0 aliphatic carbocycles. The number of halogens is 2. The van der Waals surface area contributed by atoms with E-state index in [0.29, 0.717) is 10.0 Å². The maximum Gasteiger partial charge on any atom is 0.215 e. The van der Waals surface area contributed by atoms with E-state index in [0.717, 1.165) is 34.8 Å². The Labute approximate surface area is 160 Å². The molecule has 5 rings (SSSR count). The molecular weight excluding hydrogens is 371 g/mol. The van der Waals surface area contributed by atoms with Gasteiger partial charge in [0.15, 0.2) is 0 Å². The van der Waals surface area contributed by atoms with Crippen molar-refractivity contribution in [3.63, 3.8) is 0 Å². The smallest absolute Gasteiger partial charge is 0.215 e. The second-order valence-corrected chi connectivity index (χ2v) is 7.14. The van der Waals surface area contributed by atoms with E-state index in [9.17, 15) is 0 Å². The molecule has 2 atom stereocenters. The average molecular weight is 385 g/mol. The normalized spacial score (nSPS) is 21.0. The third-order valence-corrected chi connectivity index (χ3v) is 5.30. The minimum atomic E-state index is -0.424. The molecule has 4 nitrogen and oxygen atoms in total. The van der Waals surface area contributed by atoms with Gasteiger partial charge in [-0.2, -0.15) is 5.10 Å². The van der Waals surface area contributed by atoms with Crippen molar-refractivity contribution < 1.29 is 9.15 Å². The largest absolute Gasteiger partial charge is 0.464 e. The summed E-state index contributed by atoms with van der Waals surface area (Å²) in [4.78, 5) is 0. The van der Waals surface area contributed by atoms with Crippen LogP contribution in [0.5, 0.6) is 5.75 Å². The monoisotopic (exact) mass is 384 g/mol. The molecule has 2 aliphatic heterocycles. The Kier molecular flexibility index (Phi) is 3.69. The Balaban J connectivity index is 1.63. The van der Waals surface area contributed by atoms with E-state index in [4.69, 9.17) is 37.5 Å². The Morgan fingerprint density at radius 1 is 1.00 bits per heavy atom. The summed E-state index contributed by atoms with van der Waals surface area (Å²) in [7, 11) is 0. The van der Waals surface area contributed by atoms with E-state index in [-0.39, 0.29) is 6.04 Å². The summed E-state index contributed by atoms with van der Waals surface area (Å²) in [6.45, 7) is 0. The lowest BCUT2D eigenvalue weighted by Crippen LogP contribution is -2.33. The molecule has 0 amide bonds. The molecule has 130 valence electrons. The lowest BCUT2D eigenvalue weighted by Gasteiger charge is -2.38. The minimum absolute atomic E-state index is 0.0665. The molecule has 0 saturated heterocycles. The van der Waals surface area contributed by atoms with Crippen LogP contribution in [0.15, 0.2) is 70.4 Å². The molecule has 0 bridgehead atoms. The van der Waals surface area contributed by atoms with Gasteiger partial charge >= 0.3 is 0 Å². The highest BCUT2D eigenvalue weighted by Gasteiger charge is 2.42. The number of benzene rings is 2. The summed E-state index contributed by atoms with van der Waals surface area (Å²) >= 11 is 12.5. The van der Waals surface area contributed by atoms with Crippen LogP contribution in [0.3, 0.4) is 0 Å². The van der Waals surface area contributed by atoms with Crippen LogP contribution >= 0.6 is 23.2 Å². The lowest BCUT2D eigenvalue weighted by molar-refractivity contribution is -0.0189. The van der Waals surface area contributed by atoms with Crippen LogP contribution < -0.4 is 4.74 Å². The van der Waals surface area contributed by atoms with E-state index in [1.807, 2.05) is 47.5 Å². The zero-order chi connectivity index (χ0) is 17.7. The molecule has 0 unspecified atom stereocenters. The molecule has 6 heteroatoms. The maximum atomic E-state index is 6.46.